The van der Waals surface area contributed by atoms with Crippen LogP contribution in [0.15, 0.2) is 0 Å². The van der Waals surface area contributed by atoms with E-state index in [0.29, 0.717) is 0 Å². The molecule has 0 aromatic carbocycles. The zero-order valence-corrected chi connectivity index (χ0v) is 8.88. The summed E-state index contributed by atoms with van der Waals surface area (Å²) in [5.74, 6) is 0. The smallest absolute Gasteiger partial charge is 0.358 e. The Morgan fingerprint density at radius 2 is 1.14 bits per heavy atom. The Labute approximate surface area is 60.5 Å². The molecule has 0 radical (unpaired) electrons. The van der Waals surface area contributed by atoms with E-state index in [-0.39, 0.29) is 32.3 Å². The molecular weight excluding hydrogens is 137 g/mol. The molecule has 0 aromatic rings. The molecule has 1 heteroatoms. The third-order valence-corrected chi connectivity index (χ3v) is 0. The molecule has 0 spiro atoms. The molecule has 0 saturated heterocycles. The molecule has 0 fully saturated rings. The molecule has 0 bridgehead atoms. The van der Waals surface area contributed by atoms with Gasteiger partial charge in [-0.2, -0.15) is 5.41 Å². The van der Waals surface area contributed by atoms with Gasteiger partial charge in [-0.05, 0) is 0 Å². The van der Waals surface area contributed by atoms with Gasteiger partial charge in [0.15, 0.2) is 0 Å². The van der Waals surface area contributed by atoms with Crippen LogP contribution in [0.5, 0.6) is 0 Å². The summed E-state index contributed by atoms with van der Waals surface area (Å²) in [4.78, 5) is 0. The predicted molar refractivity (Wildman–Crippen MR) is 31.2 cm³/mol. The monoisotopic (exact) mass is 150 g/mol. The Hall–Kier alpha value is 0.623. The van der Waals surface area contributed by atoms with Crippen molar-refractivity contribution in [1.82, 2.24) is 0 Å². The normalized spacial score (nSPS) is 8.57. The van der Waals surface area contributed by atoms with Gasteiger partial charge in [0, 0.05) is 0 Å². The Bertz CT molecular complexity index is 19.7. The van der Waals surface area contributed by atoms with Crippen molar-refractivity contribution in [2.75, 3.05) is 0 Å². The van der Waals surface area contributed by atoms with Gasteiger partial charge in [0.25, 0.3) is 0 Å². The quantitative estimate of drug-likeness (QED) is 0.368. The van der Waals surface area contributed by atoms with Crippen LogP contribution >= 0.6 is 0 Å². The first-order valence-electron chi connectivity index (χ1n) is 1.85. The second-order valence-corrected chi connectivity index (χ2v) is 2.56. The van der Waals surface area contributed by atoms with Crippen LogP contribution in [-0.2, 0) is 19.5 Å². The van der Waals surface area contributed by atoms with Crippen molar-refractivity contribution in [3.8, 4) is 0 Å². The fourth-order valence-electron chi connectivity index (χ4n) is 0. The van der Waals surface area contributed by atoms with Gasteiger partial charge in [-0.3, -0.25) is 0 Å². The minimum Gasteiger partial charge on any atom is -0.358 e. The second kappa shape index (κ2) is 4.77. The van der Waals surface area contributed by atoms with E-state index in [1.54, 1.807) is 0 Å². The van der Waals surface area contributed by atoms with Gasteiger partial charge in [0.1, 0.15) is 0 Å². The van der Waals surface area contributed by atoms with E-state index in [0.717, 1.165) is 0 Å². The molecule has 7 heavy (non-hydrogen) atoms. The minimum absolute atomic E-state index is 0. The van der Waals surface area contributed by atoms with Crippen molar-refractivity contribution >= 4 is 0 Å². The Kier molecular flexibility index (Phi) is 10.7. The summed E-state index contributed by atoms with van der Waals surface area (Å²) in [5, 5.41) is 0. The molecule has 0 unspecified atom stereocenters. The minimum atomic E-state index is 0. The van der Waals surface area contributed by atoms with Gasteiger partial charge in [0.2, 0.25) is 0 Å². The van der Waals surface area contributed by atoms with Gasteiger partial charge in [0.05, 0.1) is 0 Å². The van der Waals surface area contributed by atoms with E-state index < -0.39 is 0 Å². The van der Waals surface area contributed by atoms with Crippen LogP contribution in [0, 0.1) is 19.8 Å². The summed E-state index contributed by atoms with van der Waals surface area (Å²) in [6.45, 7) is 10.0. The third kappa shape index (κ3) is 364. The summed E-state index contributed by atoms with van der Waals surface area (Å²) in [6.07, 6.45) is 0. The van der Waals surface area contributed by atoms with E-state index in [9.17, 15) is 0 Å². The fraction of sp³-hybridized carbons (Fsp3) is 0.667. The Balaban J connectivity index is -0.0000000800. The van der Waals surface area contributed by atoms with E-state index in [2.05, 4.69) is 27.7 Å². The van der Waals surface area contributed by atoms with Crippen molar-refractivity contribution < 1.29 is 19.5 Å². The molecule has 0 rings (SSSR count). The average Bonchev–Trinajstić information content (AvgIpc) is 0.722. The van der Waals surface area contributed by atoms with Gasteiger partial charge >= 0.3 is 19.5 Å². The Morgan fingerprint density at radius 1 is 1.14 bits per heavy atom. The van der Waals surface area contributed by atoms with Crippen LogP contribution < -0.4 is 0 Å². The maximum atomic E-state index is 3.77. The van der Waals surface area contributed by atoms with Crippen molar-refractivity contribution in [2.24, 2.45) is 5.41 Å². The molecule has 0 heterocycles. The Morgan fingerprint density at radius 3 is 1.14 bits per heavy atom. The number of hydrogen-bond acceptors (Lipinski definition) is 0. The molecule has 0 atom stereocenters. The molecule has 0 aromatic heterocycles. The zero-order chi connectivity index (χ0) is 4.50. The van der Waals surface area contributed by atoms with Crippen molar-refractivity contribution in [1.29, 1.82) is 0 Å². The van der Waals surface area contributed by atoms with Crippen molar-refractivity contribution in [3.05, 3.63) is 14.4 Å². The summed E-state index contributed by atoms with van der Waals surface area (Å²) < 4.78 is 0. The second-order valence-electron chi connectivity index (χ2n) is 2.56. The maximum absolute atomic E-state index is 3.77. The molecular formula is C6H14Zn. The SMILES string of the molecule is [CH2-]C(C)(C)C.[CH3-].[Zn+2]. The van der Waals surface area contributed by atoms with Crippen LogP contribution in [0.1, 0.15) is 20.8 Å². The molecule has 0 aliphatic heterocycles. The zero-order valence-electron chi connectivity index (χ0n) is 5.91. The van der Waals surface area contributed by atoms with Gasteiger partial charge in [-0.15, -0.1) is 0 Å². The van der Waals surface area contributed by atoms with E-state index in [4.69, 9.17) is 0 Å². The van der Waals surface area contributed by atoms with Crippen molar-refractivity contribution in [2.45, 2.75) is 20.8 Å². The predicted octanol–water partition coefficient (Wildman–Crippen LogP) is 2.31. The van der Waals surface area contributed by atoms with Crippen LogP contribution in [0.25, 0.3) is 0 Å². The van der Waals surface area contributed by atoms with Gasteiger partial charge < -0.3 is 14.4 Å². The largest absolute Gasteiger partial charge is 2.00 e. The molecule has 0 N–H and O–H groups in total. The van der Waals surface area contributed by atoms with Crippen LogP contribution in [0.2, 0.25) is 0 Å². The molecule has 0 saturated carbocycles. The number of hydrogen-bond donors (Lipinski definition) is 0. The van der Waals surface area contributed by atoms with E-state index >= 15 is 0 Å². The first-order valence-corrected chi connectivity index (χ1v) is 1.85. The molecule has 0 aliphatic carbocycles. The summed E-state index contributed by atoms with van der Waals surface area (Å²) in [5.41, 5.74) is 0.250. The fourth-order valence-corrected chi connectivity index (χ4v) is 0. The molecule has 40 valence electrons. The third-order valence-electron chi connectivity index (χ3n) is 0. The summed E-state index contributed by atoms with van der Waals surface area (Å²) in [6, 6.07) is 0. The van der Waals surface area contributed by atoms with E-state index in [1.807, 2.05) is 0 Å². The van der Waals surface area contributed by atoms with Crippen LogP contribution in [0.3, 0.4) is 0 Å². The summed E-state index contributed by atoms with van der Waals surface area (Å²) >= 11 is 0. The van der Waals surface area contributed by atoms with E-state index in [1.165, 1.54) is 0 Å². The van der Waals surface area contributed by atoms with Gasteiger partial charge in [-0.1, -0.05) is 20.8 Å². The topological polar surface area (TPSA) is 0 Å². The average molecular weight is 152 g/mol. The molecule has 0 nitrogen and oxygen atoms in total. The first kappa shape index (κ1) is 15.6. The van der Waals surface area contributed by atoms with Crippen LogP contribution in [-0.4, -0.2) is 0 Å². The maximum Gasteiger partial charge on any atom is 2.00 e. The first-order chi connectivity index (χ1) is 2.00. The molecule has 0 amide bonds. The van der Waals surface area contributed by atoms with Crippen LogP contribution in [0.4, 0.5) is 0 Å². The standard InChI is InChI=1S/C5H11.CH3.Zn/c1-5(2,3)4;;/h1H2,2-4H3;1H3;/q2*-1;+2. The molecule has 0 aliphatic rings. The van der Waals surface area contributed by atoms with Crippen molar-refractivity contribution in [3.63, 3.8) is 0 Å². The number of rotatable bonds is 0. The summed E-state index contributed by atoms with van der Waals surface area (Å²) in [7, 11) is 0. The van der Waals surface area contributed by atoms with Gasteiger partial charge in [-0.25, -0.2) is 0 Å².